The van der Waals surface area contributed by atoms with Crippen molar-refractivity contribution in [3.05, 3.63) is 57.8 Å². The van der Waals surface area contributed by atoms with Crippen molar-refractivity contribution in [2.75, 3.05) is 13.1 Å². The second-order valence-corrected chi connectivity index (χ2v) is 7.95. The van der Waals surface area contributed by atoms with Crippen molar-refractivity contribution in [2.45, 2.75) is 32.6 Å². The van der Waals surface area contributed by atoms with Crippen LogP contribution in [0.15, 0.2) is 41.8 Å². The van der Waals surface area contributed by atoms with E-state index in [2.05, 4.69) is 31.4 Å². The maximum atomic E-state index is 12.2. The zero-order valence-electron chi connectivity index (χ0n) is 15.3. The standard InChI is InChI=1S/C20H24N2O3S/c1-20(2,3)15-9-7-14(8-10-15)17(23)19(25)22-12-5-11-21-18(24)16-6-4-13-26-16/h4,6-10,13H,5,11-12H2,1-3H3,(H,21,24)(H,22,25). The third kappa shape index (κ3) is 5.52. The van der Waals surface area contributed by atoms with Crippen LogP contribution in [0.3, 0.4) is 0 Å². The molecule has 26 heavy (non-hydrogen) atoms. The highest BCUT2D eigenvalue weighted by atomic mass is 32.1. The summed E-state index contributed by atoms with van der Waals surface area (Å²) in [5.74, 6) is -1.30. The second kappa shape index (κ2) is 8.76. The Balaban J connectivity index is 1.73. The minimum absolute atomic E-state index is 0.00260. The largest absolute Gasteiger partial charge is 0.351 e. The number of thiophene rings is 1. The van der Waals surface area contributed by atoms with Crippen molar-refractivity contribution in [3.8, 4) is 0 Å². The zero-order chi connectivity index (χ0) is 19.2. The van der Waals surface area contributed by atoms with Gasteiger partial charge in [-0.2, -0.15) is 0 Å². The maximum absolute atomic E-state index is 12.2. The SMILES string of the molecule is CC(C)(C)c1ccc(C(=O)C(=O)NCCCNC(=O)c2cccs2)cc1. The van der Waals surface area contributed by atoms with Gasteiger partial charge in [0.25, 0.3) is 11.8 Å². The van der Waals surface area contributed by atoms with E-state index in [0.717, 1.165) is 5.56 Å². The van der Waals surface area contributed by atoms with Crippen molar-refractivity contribution in [3.63, 3.8) is 0 Å². The smallest absolute Gasteiger partial charge is 0.292 e. The summed E-state index contributed by atoms with van der Waals surface area (Å²) >= 11 is 1.38. The molecule has 2 amide bonds. The van der Waals surface area contributed by atoms with Gasteiger partial charge in [-0.3, -0.25) is 14.4 Å². The fraction of sp³-hybridized carbons (Fsp3) is 0.350. The van der Waals surface area contributed by atoms with Gasteiger partial charge in [-0.25, -0.2) is 0 Å². The molecule has 1 heterocycles. The highest BCUT2D eigenvalue weighted by Gasteiger charge is 2.18. The van der Waals surface area contributed by atoms with E-state index in [1.165, 1.54) is 11.3 Å². The van der Waals surface area contributed by atoms with Crippen molar-refractivity contribution in [2.24, 2.45) is 0 Å². The second-order valence-electron chi connectivity index (χ2n) is 7.00. The van der Waals surface area contributed by atoms with Crippen LogP contribution < -0.4 is 10.6 Å². The Hall–Kier alpha value is -2.47. The van der Waals surface area contributed by atoms with Crippen molar-refractivity contribution in [1.82, 2.24) is 10.6 Å². The molecule has 2 N–H and O–H groups in total. The lowest BCUT2D eigenvalue weighted by Crippen LogP contribution is -2.34. The molecule has 0 radical (unpaired) electrons. The van der Waals surface area contributed by atoms with E-state index >= 15 is 0 Å². The monoisotopic (exact) mass is 372 g/mol. The Morgan fingerprint density at radius 2 is 1.62 bits per heavy atom. The predicted octanol–water partition coefficient (Wildman–Crippen LogP) is 3.16. The Labute approximate surface area is 157 Å². The van der Waals surface area contributed by atoms with Crippen LogP contribution in [-0.4, -0.2) is 30.7 Å². The molecule has 0 atom stereocenters. The minimum atomic E-state index is -0.627. The highest BCUT2D eigenvalue weighted by molar-refractivity contribution is 7.12. The summed E-state index contributed by atoms with van der Waals surface area (Å²) in [7, 11) is 0. The fourth-order valence-electron chi connectivity index (χ4n) is 2.32. The van der Waals surface area contributed by atoms with Crippen LogP contribution in [0.25, 0.3) is 0 Å². The molecule has 0 bridgehead atoms. The first-order valence-electron chi connectivity index (χ1n) is 8.54. The van der Waals surface area contributed by atoms with E-state index in [0.29, 0.717) is 30.0 Å². The first-order valence-corrected chi connectivity index (χ1v) is 9.42. The molecular formula is C20H24N2O3S. The number of Topliss-reactive ketones (excluding diaryl/α,β-unsaturated/α-hetero) is 1. The fourth-order valence-corrected chi connectivity index (χ4v) is 2.96. The Morgan fingerprint density at radius 3 is 2.19 bits per heavy atom. The third-order valence-corrected chi connectivity index (χ3v) is 4.76. The zero-order valence-corrected chi connectivity index (χ0v) is 16.1. The molecule has 0 aliphatic carbocycles. The summed E-state index contributed by atoms with van der Waals surface area (Å²) in [5, 5.41) is 7.21. The van der Waals surface area contributed by atoms with Crippen LogP contribution in [0.5, 0.6) is 0 Å². The summed E-state index contributed by atoms with van der Waals surface area (Å²) in [6, 6.07) is 10.7. The van der Waals surface area contributed by atoms with Gasteiger partial charge >= 0.3 is 0 Å². The Bertz CT molecular complexity index is 759. The lowest BCUT2D eigenvalue weighted by Gasteiger charge is -2.18. The topological polar surface area (TPSA) is 75.3 Å². The quantitative estimate of drug-likeness (QED) is 0.445. The number of ketones is 1. The molecule has 0 saturated carbocycles. The molecule has 0 aliphatic rings. The average molecular weight is 372 g/mol. The molecule has 2 aromatic rings. The van der Waals surface area contributed by atoms with Crippen molar-refractivity contribution < 1.29 is 14.4 Å². The number of amides is 2. The van der Waals surface area contributed by atoms with E-state index in [-0.39, 0.29) is 11.3 Å². The molecule has 0 saturated heterocycles. The van der Waals surface area contributed by atoms with Crippen molar-refractivity contribution >= 4 is 28.9 Å². The first kappa shape index (κ1) is 19.8. The molecule has 0 aliphatic heterocycles. The average Bonchev–Trinajstić information content (AvgIpc) is 3.14. The Kier molecular flexibility index (Phi) is 6.69. The van der Waals surface area contributed by atoms with Crippen LogP contribution in [0, 0.1) is 0 Å². The summed E-state index contributed by atoms with van der Waals surface area (Å²) < 4.78 is 0. The molecule has 2 rings (SSSR count). The number of hydrogen-bond donors (Lipinski definition) is 2. The number of carbonyl (C=O) groups is 3. The van der Waals surface area contributed by atoms with Crippen LogP contribution in [0.1, 0.15) is 52.8 Å². The molecule has 0 fully saturated rings. The van der Waals surface area contributed by atoms with Crippen LogP contribution in [0.2, 0.25) is 0 Å². The summed E-state index contributed by atoms with van der Waals surface area (Å²) in [6.07, 6.45) is 0.555. The maximum Gasteiger partial charge on any atom is 0.292 e. The number of benzene rings is 1. The van der Waals surface area contributed by atoms with E-state index in [1.807, 2.05) is 23.6 Å². The molecule has 1 aromatic carbocycles. The van der Waals surface area contributed by atoms with Gasteiger partial charge in [0.2, 0.25) is 5.78 Å². The predicted molar refractivity (Wildman–Crippen MR) is 104 cm³/mol. The third-order valence-electron chi connectivity index (χ3n) is 3.89. The van der Waals surface area contributed by atoms with E-state index in [4.69, 9.17) is 0 Å². The van der Waals surface area contributed by atoms with E-state index in [9.17, 15) is 14.4 Å². The Morgan fingerprint density at radius 1 is 0.962 bits per heavy atom. The van der Waals surface area contributed by atoms with Gasteiger partial charge < -0.3 is 10.6 Å². The van der Waals surface area contributed by atoms with Crippen LogP contribution in [0.4, 0.5) is 0 Å². The van der Waals surface area contributed by atoms with Crippen molar-refractivity contribution in [1.29, 1.82) is 0 Å². The van der Waals surface area contributed by atoms with Gasteiger partial charge in [-0.05, 0) is 28.8 Å². The van der Waals surface area contributed by atoms with Crippen LogP contribution in [-0.2, 0) is 10.2 Å². The van der Waals surface area contributed by atoms with E-state index < -0.39 is 11.7 Å². The first-order chi connectivity index (χ1) is 12.3. The number of rotatable bonds is 7. The molecule has 138 valence electrons. The lowest BCUT2D eigenvalue weighted by atomic mass is 9.86. The number of hydrogen-bond acceptors (Lipinski definition) is 4. The number of carbonyl (C=O) groups excluding carboxylic acids is 3. The molecule has 5 nitrogen and oxygen atoms in total. The van der Waals surface area contributed by atoms with Gasteiger partial charge in [-0.15, -0.1) is 11.3 Å². The highest BCUT2D eigenvalue weighted by Crippen LogP contribution is 2.22. The van der Waals surface area contributed by atoms with Gasteiger partial charge in [0.1, 0.15) is 0 Å². The normalized spacial score (nSPS) is 11.0. The van der Waals surface area contributed by atoms with Gasteiger partial charge in [0, 0.05) is 18.7 Å². The minimum Gasteiger partial charge on any atom is -0.351 e. The summed E-state index contributed by atoms with van der Waals surface area (Å²) in [4.78, 5) is 36.5. The van der Waals surface area contributed by atoms with Gasteiger partial charge in [0.05, 0.1) is 4.88 Å². The van der Waals surface area contributed by atoms with Crippen LogP contribution >= 0.6 is 11.3 Å². The molecule has 6 heteroatoms. The molecule has 0 spiro atoms. The molecule has 0 unspecified atom stereocenters. The molecular weight excluding hydrogens is 348 g/mol. The summed E-state index contributed by atoms with van der Waals surface area (Å²) in [5.41, 5.74) is 1.48. The van der Waals surface area contributed by atoms with Gasteiger partial charge in [-0.1, -0.05) is 51.1 Å². The lowest BCUT2D eigenvalue weighted by molar-refractivity contribution is -0.117. The number of nitrogens with one attached hydrogen (secondary N) is 2. The van der Waals surface area contributed by atoms with E-state index in [1.54, 1.807) is 18.2 Å². The summed E-state index contributed by atoms with van der Waals surface area (Å²) in [6.45, 7) is 7.04. The van der Waals surface area contributed by atoms with Gasteiger partial charge in [0.15, 0.2) is 0 Å². The molecule has 1 aromatic heterocycles.